The minimum atomic E-state index is -0.360. The fourth-order valence-corrected chi connectivity index (χ4v) is 4.31. The molecule has 0 aliphatic heterocycles. The number of nitrogens with zero attached hydrogens (tertiary/aromatic N) is 3. The number of hydrazine groups is 1. The minimum absolute atomic E-state index is 0.0433. The van der Waals surface area contributed by atoms with Gasteiger partial charge in [0.25, 0.3) is 5.91 Å². The molecule has 10 heteroatoms. The fraction of sp³-hybridized carbons (Fsp3) is 0.0909. The van der Waals surface area contributed by atoms with Gasteiger partial charge in [0, 0.05) is 5.69 Å². The molecule has 4 aromatic rings. The van der Waals surface area contributed by atoms with Crippen LogP contribution >= 0.6 is 23.1 Å². The van der Waals surface area contributed by atoms with Crippen molar-refractivity contribution in [3.05, 3.63) is 77.0 Å². The van der Waals surface area contributed by atoms with Gasteiger partial charge in [0.2, 0.25) is 5.91 Å². The number of benzene rings is 2. The normalized spacial score (nSPS) is 10.5. The number of carbonyl (C=O) groups is 2. The lowest BCUT2D eigenvalue weighted by Gasteiger charge is -2.12. The molecule has 4 rings (SSSR count). The second kappa shape index (κ2) is 10.1. The van der Waals surface area contributed by atoms with E-state index in [1.165, 1.54) is 23.1 Å². The van der Waals surface area contributed by atoms with E-state index in [1.54, 1.807) is 24.6 Å². The zero-order valence-corrected chi connectivity index (χ0v) is 18.7. The zero-order chi connectivity index (χ0) is 22.3. The first kappa shape index (κ1) is 21.6. The monoisotopic (exact) mass is 465 g/mol. The highest BCUT2D eigenvalue weighted by Gasteiger charge is 2.19. The highest BCUT2D eigenvalue weighted by atomic mass is 32.2. The van der Waals surface area contributed by atoms with Crippen LogP contribution < -0.4 is 15.6 Å². The predicted molar refractivity (Wildman–Crippen MR) is 124 cm³/mol. The van der Waals surface area contributed by atoms with Crippen molar-refractivity contribution in [2.45, 2.75) is 5.16 Å². The summed E-state index contributed by atoms with van der Waals surface area (Å²) in [6.07, 6.45) is 0. The summed E-state index contributed by atoms with van der Waals surface area (Å²) in [5, 5.41) is 11.0. The van der Waals surface area contributed by atoms with E-state index in [0.29, 0.717) is 21.6 Å². The molecule has 2 aromatic carbocycles. The van der Waals surface area contributed by atoms with Gasteiger partial charge in [0.15, 0.2) is 11.0 Å². The Morgan fingerprint density at radius 2 is 1.78 bits per heavy atom. The number of nitrogens with one attached hydrogen (secondary N) is 2. The van der Waals surface area contributed by atoms with Crippen LogP contribution in [0.3, 0.4) is 0 Å². The van der Waals surface area contributed by atoms with Gasteiger partial charge in [-0.3, -0.25) is 25.0 Å². The molecule has 0 aliphatic rings. The molecule has 2 heterocycles. The third-order valence-corrected chi connectivity index (χ3v) is 6.19. The number of thioether (sulfide) groups is 1. The summed E-state index contributed by atoms with van der Waals surface area (Å²) in [5.41, 5.74) is 6.48. The topological polar surface area (TPSA) is 98.1 Å². The fourth-order valence-electron chi connectivity index (χ4n) is 2.94. The van der Waals surface area contributed by atoms with Crippen LogP contribution in [0.1, 0.15) is 9.67 Å². The standard InChI is InChI=1S/C22H19N5O3S2/c1-30-17-11-6-5-10-16(17)20-24-26-22(27(20)15-8-3-2-4-9-15)32-14-19(28)23-25-21(29)18-12-7-13-31-18/h2-13H,14H2,1H3,(H,23,28)(H,25,29). The maximum atomic E-state index is 12.3. The van der Waals surface area contributed by atoms with Crippen LogP contribution in [-0.2, 0) is 4.79 Å². The molecular weight excluding hydrogens is 446 g/mol. The largest absolute Gasteiger partial charge is 0.496 e. The lowest BCUT2D eigenvalue weighted by molar-refractivity contribution is -0.119. The van der Waals surface area contributed by atoms with Crippen molar-refractivity contribution in [3.63, 3.8) is 0 Å². The molecule has 2 amide bonds. The summed E-state index contributed by atoms with van der Waals surface area (Å²) in [6, 6.07) is 20.6. The van der Waals surface area contributed by atoms with E-state index in [1.807, 2.05) is 59.2 Å². The molecular formula is C22H19N5O3S2. The smallest absolute Gasteiger partial charge is 0.279 e. The van der Waals surface area contributed by atoms with Crippen LogP contribution in [0.2, 0.25) is 0 Å². The summed E-state index contributed by atoms with van der Waals surface area (Å²) in [6.45, 7) is 0. The summed E-state index contributed by atoms with van der Waals surface area (Å²) in [5.74, 6) is 0.595. The Morgan fingerprint density at radius 3 is 2.53 bits per heavy atom. The molecule has 32 heavy (non-hydrogen) atoms. The number of aromatic nitrogens is 3. The van der Waals surface area contributed by atoms with Crippen LogP contribution in [0.5, 0.6) is 5.75 Å². The van der Waals surface area contributed by atoms with Gasteiger partial charge < -0.3 is 4.74 Å². The number of thiophene rings is 1. The molecule has 0 fully saturated rings. The lowest BCUT2D eigenvalue weighted by Crippen LogP contribution is -2.42. The SMILES string of the molecule is COc1ccccc1-c1nnc(SCC(=O)NNC(=O)c2cccs2)n1-c1ccccc1. The quantitative estimate of drug-likeness (QED) is 0.320. The van der Waals surface area contributed by atoms with Gasteiger partial charge in [-0.2, -0.15) is 0 Å². The number of ether oxygens (including phenoxy) is 1. The van der Waals surface area contributed by atoms with Crippen molar-refractivity contribution in [2.24, 2.45) is 0 Å². The van der Waals surface area contributed by atoms with Gasteiger partial charge in [0.1, 0.15) is 5.75 Å². The summed E-state index contributed by atoms with van der Waals surface area (Å²) in [4.78, 5) is 24.8. The molecule has 8 nitrogen and oxygen atoms in total. The van der Waals surface area contributed by atoms with Gasteiger partial charge >= 0.3 is 0 Å². The summed E-state index contributed by atoms with van der Waals surface area (Å²) >= 11 is 2.51. The molecule has 2 N–H and O–H groups in total. The van der Waals surface area contributed by atoms with Crippen LogP contribution in [-0.4, -0.2) is 39.4 Å². The van der Waals surface area contributed by atoms with Crippen molar-refractivity contribution in [3.8, 4) is 22.8 Å². The molecule has 0 saturated carbocycles. The van der Waals surface area contributed by atoms with E-state index in [-0.39, 0.29) is 17.6 Å². The molecule has 0 aliphatic carbocycles. The average molecular weight is 466 g/mol. The van der Waals surface area contributed by atoms with Crippen molar-refractivity contribution < 1.29 is 14.3 Å². The summed E-state index contributed by atoms with van der Waals surface area (Å²) in [7, 11) is 1.60. The molecule has 0 bridgehead atoms. The Kier molecular flexibility index (Phi) is 6.83. The molecule has 0 unspecified atom stereocenters. The van der Waals surface area contributed by atoms with Crippen LogP contribution in [0, 0.1) is 0 Å². The number of hydrogen-bond acceptors (Lipinski definition) is 7. The number of hydrogen-bond donors (Lipinski definition) is 2. The van der Waals surface area contributed by atoms with E-state index < -0.39 is 0 Å². The highest BCUT2D eigenvalue weighted by molar-refractivity contribution is 7.99. The number of carbonyl (C=O) groups excluding carboxylic acids is 2. The van der Waals surface area contributed by atoms with Crippen molar-refractivity contribution in [1.29, 1.82) is 0 Å². The minimum Gasteiger partial charge on any atom is -0.496 e. The maximum absolute atomic E-state index is 12.3. The second-order valence-corrected chi connectivity index (χ2v) is 8.34. The number of amides is 2. The van der Waals surface area contributed by atoms with Gasteiger partial charge in [-0.1, -0.05) is 48.2 Å². The molecule has 162 valence electrons. The van der Waals surface area contributed by atoms with Crippen LogP contribution in [0.15, 0.2) is 77.3 Å². The van der Waals surface area contributed by atoms with E-state index in [0.717, 1.165) is 11.3 Å². The van der Waals surface area contributed by atoms with E-state index >= 15 is 0 Å². The second-order valence-electron chi connectivity index (χ2n) is 6.45. The lowest BCUT2D eigenvalue weighted by atomic mass is 10.2. The van der Waals surface area contributed by atoms with E-state index in [2.05, 4.69) is 21.0 Å². The van der Waals surface area contributed by atoms with Gasteiger partial charge in [-0.15, -0.1) is 21.5 Å². The van der Waals surface area contributed by atoms with Crippen molar-refractivity contribution >= 4 is 34.9 Å². The molecule has 0 saturated heterocycles. The molecule has 2 aromatic heterocycles. The first-order chi connectivity index (χ1) is 15.7. The molecule has 0 atom stereocenters. The van der Waals surface area contributed by atoms with E-state index in [9.17, 15) is 9.59 Å². The summed E-state index contributed by atoms with van der Waals surface area (Å²) < 4.78 is 7.37. The van der Waals surface area contributed by atoms with Gasteiger partial charge in [0.05, 0.1) is 23.3 Å². The number of rotatable bonds is 7. The predicted octanol–water partition coefficient (Wildman–Crippen LogP) is 3.56. The maximum Gasteiger partial charge on any atom is 0.279 e. The van der Waals surface area contributed by atoms with Crippen LogP contribution in [0.4, 0.5) is 0 Å². The Bertz CT molecular complexity index is 1210. The Labute approximate surface area is 192 Å². The Morgan fingerprint density at radius 1 is 1.00 bits per heavy atom. The van der Waals surface area contributed by atoms with Gasteiger partial charge in [-0.05, 0) is 35.7 Å². The zero-order valence-electron chi connectivity index (χ0n) is 17.0. The van der Waals surface area contributed by atoms with E-state index in [4.69, 9.17) is 4.74 Å². The van der Waals surface area contributed by atoms with Crippen molar-refractivity contribution in [2.75, 3.05) is 12.9 Å². The number of para-hydroxylation sites is 2. The number of methoxy groups -OCH3 is 1. The third kappa shape index (κ3) is 4.82. The van der Waals surface area contributed by atoms with Crippen LogP contribution in [0.25, 0.3) is 17.1 Å². The Balaban J connectivity index is 1.53. The third-order valence-electron chi connectivity index (χ3n) is 4.39. The van der Waals surface area contributed by atoms with Crippen molar-refractivity contribution in [1.82, 2.24) is 25.6 Å². The molecule has 0 spiro atoms. The highest BCUT2D eigenvalue weighted by Crippen LogP contribution is 2.33. The van der Waals surface area contributed by atoms with Gasteiger partial charge in [-0.25, -0.2) is 0 Å². The Hall–Kier alpha value is -3.63. The first-order valence-electron chi connectivity index (χ1n) is 9.57. The first-order valence-corrected chi connectivity index (χ1v) is 11.4. The average Bonchev–Trinajstić information content (AvgIpc) is 3.52. The molecule has 0 radical (unpaired) electrons.